The van der Waals surface area contributed by atoms with Crippen molar-refractivity contribution in [3.63, 3.8) is 0 Å². The van der Waals surface area contributed by atoms with Gasteiger partial charge in [0.15, 0.2) is 0 Å². The van der Waals surface area contributed by atoms with Gasteiger partial charge in [-0.05, 0) is 19.1 Å². The minimum atomic E-state index is -0.749. The predicted octanol–water partition coefficient (Wildman–Crippen LogP) is 1.60. The number of hydrogen-bond acceptors (Lipinski definition) is 2. The molecule has 1 aromatic carbocycles. The fourth-order valence-corrected chi connectivity index (χ4v) is 0.977. The van der Waals surface area contributed by atoms with Crippen molar-refractivity contribution in [1.82, 2.24) is 5.06 Å². The first-order valence-corrected chi connectivity index (χ1v) is 3.75. The summed E-state index contributed by atoms with van der Waals surface area (Å²) in [6, 6.07) is 4.15. The number of halogens is 1. The Hall–Kier alpha value is -1.42. The summed E-state index contributed by atoms with van der Waals surface area (Å²) in [7, 11) is 1.16. The molecule has 4 heteroatoms. The Morgan fingerprint density at radius 1 is 1.54 bits per heavy atom. The lowest BCUT2D eigenvalue weighted by Crippen LogP contribution is -2.23. The summed E-state index contributed by atoms with van der Waals surface area (Å²) in [5.74, 6) is -1.38. The summed E-state index contributed by atoms with van der Waals surface area (Å²) in [6.07, 6.45) is 0. The Kier molecular flexibility index (Phi) is 2.63. The molecule has 0 atom stereocenters. The van der Waals surface area contributed by atoms with Crippen molar-refractivity contribution >= 4 is 5.91 Å². The van der Waals surface area contributed by atoms with Crippen molar-refractivity contribution < 1.29 is 14.4 Å². The van der Waals surface area contributed by atoms with Gasteiger partial charge in [-0.3, -0.25) is 10.0 Å². The van der Waals surface area contributed by atoms with E-state index in [1.807, 2.05) is 0 Å². The van der Waals surface area contributed by atoms with Gasteiger partial charge in [-0.1, -0.05) is 11.6 Å². The molecule has 0 radical (unpaired) electrons. The summed E-state index contributed by atoms with van der Waals surface area (Å²) in [5, 5.41) is 9.17. The third kappa shape index (κ3) is 2.03. The lowest BCUT2D eigenvalue weighted by atomic mass is 10.1. The minimum absolute atomic E-state index is 0.120. The molecule has 1 rings (SSSR count). The number of hydroxylamine groups is 2. The molecular formula is C9H10FNO2. The second-order valence-electron chi connectivity index (χ2n) is 2.81. The normalized spacial score (nSPS) is 9.85. The van der Waals surface area contributed by atoms with Gasteiger partial charge in [0.25, 0.3) is 5.91 Å². The van der Waals surface area contributed by atoms with Gasteiger partial charge in [-0.2, -0.15) is 0 Å². The molecule has 0 aliphatic carbocycles. The van der Waals surface area contributed by atoms with E-state index in [-0.39, 0.29) is 5.56 Å². The number of carbonyl (C=O) groups excluding carboxylic acids is 1. The molecule has 0 saturated heterocycles. The van der Waals surface area contributed by atoms with E-state index >= 15 is 0 Å². The van der Waals surface area contributed by atoms with E-state index in [1.165, 1.54) is 12.1 Å². The summed E-state index contributed by atoms with van der Waals surface area (Å²) >= 11 is 0. The molecule has 1 amide bonds. The molecule has 0 heterocycles. The van der Waals surface area contributed by atoms with Crippen molar-refractivity contribution in [3.05, 3.63) is 35.1 Å². The maximum Gasteiger partial charge on any atom is 0.279 e. The molecule has 13 heavy (non-hydrogen) atoms. The van der Waals surface area contributed by atoms with E-state index in [0.29, 0.717) is 5.06 Å². The van der Waals surface area contributed by atoms with Crippen molar-refractivity contribution in [1.29, 1.82) is 0 Å². The Balaban J connectivity index is 3.13. The standard InChI is InChI=1S/C9H10FNO2/c1-6-3-4-8(10)7(5-6)9(12)11(2)13/h3-5,13H,1-2H3. The van der Waals surface area contributed by atoms with Gasteiger partial charge in [0, 0.05) is 7.05 Å². The molecule has 0 spiro atoms. The highest BCUT2D eigenvalue weighted by atomic mass is 19.1. The number of aryl methyl sites for hydroxylation is 1. The van der Waals surface area contributed by atoms with Gasteiger partial charge in [0.2, 0.25) is 0 Å². The molecule has 0 aliphatic rings. The third-order valence-electron chi connectivity index (χ3n) is 1.65. The molecule has 70 valence electrons. The number of nitrogens with zero attached hydrogens (tertiary/aromatic N) is 1. The first kappa shape index (κ1) is 9.67. The van der Waals surface area contributed by atoms with E-state index in [0.717, 1.165) is 12.6 Å². The first-order chi connectivity index (χ1) is 6.02. The van der Waals surface area contributed by atoms with Crippen LogP contribution in [0.1, 0.15) is 15.9 Å². The van der Waals surface area contributed by atoms with E-state index in [4.69, 9.17) is 5.21 Å². The van der Waals surface area contributed by atoms with Crippen LogP contribution in [0.15, 0.2) is 18.2 Å². The van der Waals surface area contributed by atoms with Crippen LogP contribution >= 0.6 is 0 Å². The Morgan fingerprint density at radius 3 is 2.69 bits per heavy atom. The fourth-order valence-electron chi connectivity index (χ4n) is 0.977. The van der Waals surface area contributed by atoms with Crippen LogP contribution < -0.4 is 0 Å². The van der Waals surface area contributed by atoms with Crippen LogP contribution in [0.4, 0.5) is 4.39 Å². The van der Waals surface area contributed by atoms with Crippen molar-refractivity contribution in [2.75, 3.05) is 7.05 Å². The van der Waals surface area contributed by atoms with Gasteiger partial charge in [-0.25, -0.2) is 9.45 Å². The zero-order valence-electron chi connectivity index (χ0n) is 7.41. The molecule has 0 aliphatic heterocycles. The molecule has 1 aromatic rings. The molecular weight excluding hydrogens is 173 g/mol. The second-order valence-corrected chi connectivity index (χ2v) is 2.81. The molecule has 1 N–H and O–H groups in total. The Bertz CT molecular complexity index is 336. The van der Waals surface area contributed by atoms with Gasteiger partial charge in [-0.15, -0.1) is 0 Å². The SMILES string of the molecule is Cc1ccc(F)c(C(=O)N(C)O)c1. The van der Waals surface area contributed by atoms with Gasteiger partial charge < -0.3 is 0 Å². The number of hydrogen-bond donors (Lipinski definition) is 1. The highest BCUT2D eigenvalue weighted by Crippen LogP contribution is 2.11. The number of rotatable bonds is 1. The lowest BCUT2D eigenvalue weighted by Gasteiger charge is -2.09. The summed E-state index contributed by atoms with van der Waals surface area (Å²) in [4.78, 5) is 11.2. The third-order valence-corrected chi connectivity index (χ3v) is 1.65. The van der Waals surface area contributed by atoms with Gasteiger partial charge in [0.1, 0.15) is 5.82 Å². The summed E-state index contributed by atoms with van der Waals surface area (Å²) < 4.78 is 13.0. The van der Waals surface area contributed by atoms with Crippen molar-refractivity contribution in [2.24, 2.45) is 0 Å². The number of carbonyl (C=O) groups is 1. The van der Waals surface area contributed by atoms with Crippen LogP contribution in [0.3, 0.4) is 0 Å². The zero-order chi connectivity index (χ0) is 10.0. The Labute approximate surface area is 75.4 Å². The minimum Gasteiger partial charge on any atom is -0.286 e. The van der Waals surface area contributed by atoms with Crippen LogP contribution in [0.5, 0.6) is 0 Å². The highest BCUT2D eigenvalue weighted by molar-refractivity contribution is 5.93. The Morgan fingerprint density at radius 2 is 2.15 bits per heavy atom. The summed E-state index contributed by atoms with van der Waals surface area (Å²) in [6.45, 7) is 1.74. The average molecular weight is 183 g/mol. The van der Waals surface area contributed by atoms with Gasteiger partial charge >= 0.3 is 0 Å². The molecule has 3 nitrogen and oxygen atoms in total. The summed E-state index contributed by atoms with van der Waals surface area (Å²) in [5.41, 5.74) is 0.650. The lowest BCUT2D eigenvalue weighted by molar-refractivity contribution is -0.0378. The van der Waals surface area contributed by atoms with Crippen LogP contribution in [-0.2, 0) is 0 Å². The molecule has 0 saturated carbocycles. The maximum atomic E-state index is 13.0. The molecule has 0 aromatic heterocycles. The molecule has 0 fully saturated rings. The molecule has 0 unspecified atom stereocenters. The first-order valence-electron chi connectivity index (χ1n) is 3.75. The maximum absolute atomic E-state index is 13.0. The van der Waals surface area contributed by atoms with Crippen LogP contribution in [0, 0.1) is 12.7 Å². The highest BCUT2D eigenvalue weighted by Gasteiger charge is 2.14. The predicted molar refractivity (Wildman–Crippen MR) is 45.0 cm³/mol. The quantitative estimate of drug-likeness (QED) is 0.530. The smallest absolute Gasteiger partial charge is 0.279 e. The number of benzene rings is 1. The largest absolute Gasteiger partial charge is 0.286 e. The molecule has 0 bridgehead atoms. The topological polar surface area (TPSA) is 40.5 Å². The van der Waals surface area contributed by atoms with E-state index < -0.39 is 11.7 Å². The fraction of sp³-hybridized carbons (Fsp3) is 0.222. The zero-order valence-corrected chi connectivity index (χ0v) is 7.41. The van der Waals surface area contributed by atoms with E-state index in [2.05, 4.69) is 0 Å². The van der Waals surface area contributed by atoms with Crippen molar-refractivity contribution in [3.8, 4) is 0 Å². The monoisotopic (exact) mass is 183 g/mol. The van der Waals surface area contributed by atoms with Crippen LogP contribution in [0.25, 0.3) is 0 Å². The van der Waals surface area contributed by atoms with Crippen LogP contribution in [0.2, 0.25) is 0 Å². The van der Waals surface area contributed by atoms with Gasteiger partial charge in [0.05, 0.1) is 5.56 Å². The average Bonchev–Trinajstić information content (AvgIpc) is 2.08. The van der Waals surface area contributed by atoms with E-state index in [1.54, 1.807) is 13.0 Å². The second kappa shape index (κ2) is 3.53. The van der Waals surface area contributed by atoms with E-state index in [9.17, 15) is 9.18 Å². The van der Waals surface area contributed by atoms with Crippen LogP contribution in [-0.4, -0.2) is 23.2 Å². The van der Waals surface area contributed by atoms with Crippen molar-refractivity contribution in [2.45, 2.75) is 6.92 Å². The number of amides is 1.